The molecule has 1 aliphatic heterocycles. The third kappa shape index (κ3) is 1.68. The number of ether oxygens (including phenoxy) is 1. The first kappa shape index (κ1) is 9.34. The summed E-state index contributed by atoms with van der Waals surface area (Å²) in [7, 11) is 0. The number of thiol groups is 1. The second kappa shape index (κ2) is 3.88. The van der Waals surface area contributed by atoms with Crippen molar-refractivity contribution in [3.8, 4) is 0 Å². The molecule has 14 heavy (non-hydrogen) atoms. The largest absolute Gasteiger partial charge is 0.457 e. The van der Waals surface area contributed by atoms with Gasteiger partial charge < -0.3 is 4.74 Å². The molecule has 1 aliphatic rings. The Morgan fingerprint density at radius 2 is 2.36 bits per heavy atom. The first-order valence-corrected chi connectivity index (χ1v) is 5.02. The summed E-state index contributed by atoms with van der Waals surface area (Å²) in [5, 5.41) is 0. The van der Waals surface area contributed by atoms with Crippen LogP contribution in [0.4, 0.5) is 0 Å². The van der Waals surface area contributed by atoms with Crippen molar-refractivity contribution < 1.29 is 9.53 Å². The fourth-order valence-corrected chi connectivity index (χ4v) is 1.53. The Bertz CT molecular complexity index is 396. The molecule has 0 bridgehead atoms. The molecule has 0 radical (unpaired) electrons. The van der Waals surface area contributed by atoms with E-state index in [-0.39, 0.29) is 5.97 Å². The minimum atomic E-state index is -0.221. The number of hydrogen-bond donors (Lipinski definition) is 1. The van der Waals surface area contributed by atoms with Gasteiger partial charge in [0.1, 0.15) is 6.61 Å². The Kier molecular flexibility index (Phi) is 2.59. The van der Waals surface area contributed by atoms with E-state index < -0.39 is 0 Å². The van der Waals surface area contributed by atoms with E-state index in [2.05, 4.69) is 12.6 Å². The van der Waals surface area contributed by atoms with E-state index in [1.807, 2.05) is 30.4 Å². The molecule has 0 fully saturated rings. The van der Waals surface area contributed by atoms with Crippen molar-refractivity contribution in [1.82, 2.24) is 0 Å². The fraction of sp³-hybridized carbons (Fsp3) is 0.182. The Morgan fingerprint density at radius 3 is 3.14 bits per heavy atom. The zero-order valence-electron chi connectivity index (χ0n) is 7.56. The zero-order chi connectivity index (χ0) is 9.97. The molecule has 0 spiro atoms. The van der Waals surface area contributed by atoms with E-state index in [1.54, 1.807) is 0 Å². The monoisotopic (exact) mass is 206 g/mol. The maximum absolute atomic E-state index is 11.2. The number of hydrogen-bond acceptors (Lipinski definition) is 3. The van der Waals surface area contributed by atoms with Crippen molar-refractivity contribution in [3.05, 3.63) is 41.0 Å². The smallest absolute Gasteiger partial charge is 0.338 e. The molecule has 0 amide bonds. The van der Waals surface area contributed by atoms with Gasteiger partial charge in [0.05, 0.1) is 5.56 Å². The minimum absolute atomic E-state index is 0.221. The lowest BCUT2D eigenvalue weighted by Gasteiger charge is -1.96. The van der Waals surface area contributed by atoms with Gasteiger partial charge >= 0.3 is 5.97 Å². The predicted octanol–water partition coefficient (Wildman–Crippen LogP) is 2.30. The molecule has 2 rings (SSSR count). The Hall–Kier alpha value is -1.22. The molecule has 3 heteroatoms. The number of fused-ring (bicyclic) bond motifs is 1. The van der Waals surface area contributed by atoms with E-state index in [9.17, 15) is 4.79 Å². The molecule has 2 nitrogen and oxygen atoms in total. The Labute approximate surface area is 88.0 Å². The number of esters is 1. The molecule has 0 aromatic heterocycles. The summed E-state index contributed by atoms with van der Waals surface area (Å²) in [6.45, 7) is 0.407. The summed E-state index contributed by atoms with van der Waals surface area (Å²) in [5.41, 5.74) is 2.67. The standard InChI is InChI=1S/C11H10O2S/c12-11-10-6-8(2-1-5-14)3-4-9(10)7-13-11/h1-4,6,14H,5,7H2. The molecule has 0 unspecified atom stereocenters. The van der Waals surface area contributed by atoms with Crippen LogP contribution in [0, 0.1) is 0 Å². The van der Waals surface area contributed by atoms with Gasteiger partial charge in [0, 0.05) is 11.3 Å². The highest BCUT2D eigenvalue weighted by Crippen LogP contribution is 2.21. The molecular formula is C11H10O2S. The number of benzene rings is 1. The van der Waals surface area contributed by atoms with E-state index in [0.29, 0.717) is 17.9 Å². The van der Waals surface area contributed by atoms with Crippen LogP contribution in [0.2, 0.25) is 0 Å². The highest BCUT2D eigenvalue weighted by Gasteiger charge is 2.20. The van der Waals surface area contributed by atoms with Crippen molar-refractivity contribution in [1.29, 1.82) is 0 Å². The van der Waals surface area contributed by atoms with Gasteiger partial charge in [-0.15, -0.1) is 0 Å². The predicted molar refractivity (Wildman–Crippen MR) is 58.4 cm³/mol. The normalized spacial score (nSPS) is 14.5. The van der Waals surface area contributed by atoms with Crippen LogP contribution < -0.4 is 0 Å². The van der Waals surface area contributed by atoms with Gasteiger partial charge in [0.15, 0.2) is 0 Å². The van der Waals surface area contributed by atoms with Crippen LogP contribution in [0.25, 0.3) is 6.08 Å². The van der Waals surface area contributed by atoms with Gasteiger partial charge in [-0.3, -0.25) is 0 Å². The van der Waals surface area contributed by atoms with E-state index >= 15 is 0 Å². The maximum Gasteiger partial charge on any atom is 0.338 e. The average molecular weight is 206 g/mol. The Morgan fingerprint density at radius 1 is 1.50 bits per heavy atom. The summed E-state index contributed by atoms with van der Waals surface area (Å²) in [5.74, 6) is 0.475. The van der Waals surface area contributed by atoms with Crippen molar-refractivity contribution in [2.45, 2.75) is 6.61 Å². The van der Waals surface area contributed by atoms with Gasteiger partial charge in [-0.1, -0.05) is 24.3 Å². The summed E-state index contributed by atoms with van der Waals surface area (Å²) < 4.78 is 4.90. The second-order valence-electron chi connectivity index (χ2n) is 3.08. The molecular weight excluding hydrogens is 196 g/mol. The molecule has 72 valence electrons. The molecule has 0 aliphatic carbocycles. The van der Waals surface area contributed by atoms with Crippen LogP contribution in [-0.4, -0.2) is 11.7 Å². The van der Waals surface area contributed by atoms with E-state index in [0.717, 1.165) is 11.1 Å². The zero-order valence-corrected chi connectivity index (χ0v) is 8.46. The number of rotatable bonds is 2. The first-order chi connectivity index (χ1) is 6.81. The number of cyclic esters (lactones) is 1. The van der Waals surface area contributed by atoms with Gasteiger partial charge in [0.2, 0.25) is 0 Å². The summed E-state index contributed by atoms with van der Waals surface area (Å²) in [4.78, 5) is 11.2. The summed E-state index contributed by atoms with van der Waals surface area (Å²) in [6, 6.07) is 5.75. The van der Waals surface area contributed by atoms with Crippen molar-refractivity contribution in [3.63, 3.8) is 0 Å². The molecule has 1 aromatic carbocycles. The fourth-order valence-electron chi connectivity index (χ4n) is 1.42. The maximum atomic E-state index is 11.2. The van der Waals surface area contributed by atoms with E-state index in [1.165, 1.54) is 0 Å². The molecule has 0 saturated carbocycles. The van der Waals surface area contributed by atoms with Gasteiger partial charge in [-0.05, 0) is 11.6 Å². The van der Waals surface area contributed by atoms with Crippen LogP contribution in [0.15, 0.2) is 24.3 Å². The highest BCUT2D eigenvalue weighted by atomic mass is 32.1. The lowest BCUT2D eigenvalue weighted by atomic mass is 10.1. The molecule has 0 atom stereocenters. The molecule has 1 heterocycles. The van der Waals surface area contributed by atoms with E-state index in [4.69, 9.17) is 4.74 Å². The minimum Gasteiger partial charge on any atom is -0.457 e. The number of carbonyl (C=O) groups is 1. The lowest BCUT2D eigenvalue weighted by Crippen LogP contribution is -1.93. The number of carbonyl (C=O) groups excluding carboxylic acids is 1. The molecule has 0 N–H and O–H groups in total. The van der Waals surface area contributed by atoms with Crippen molar-refractivity contribution in [2.24, 2.45) is 0 Å². The highest BCUT2D eigenvalue weighted by molar-refractivity contribution is 7.80. The van der Waals surface area contributed by atoms with Gasteiger partial charge in [-0.2, -0.15) is 12.6 Å². The lowest BCUT2D eigenvalue weighted by molar-refractivity contribution is 0.0535. The third-order valence-corrected chi connectivity index (χ3v) is 2.34. The van der Waals surface area contributed by atoms with Gasteiger partial charge in [0.25, 0.3) is 0 Å². The SMILES string of the molecule is O=C1OCc2ccc(C=CCS)cc21. The third-order valence-electron chi connectivity index (χ3n) is 2.13. The Balaban J connectivity index is 2.35. The van der Waals surface area contributed by atoms with Crippen molar-refractivity contribution in [2.75, 3.05) is 5.75 Å². The van der Waals surface area contributed by atoms with Crippen LogP contribution >= 0.6 is 12.6 Å². The van der Waals surface area contributed by atoms with Gasteiger partial charge in [-0.25, -0.2) is 4.79 Å². The first-order valence-electron chi connectivity index (χ1n) is 4.38. The quantitative estimate of drug-likeness (QED) is 0.593. The molecule has 0 saturated heterocycles. The van der Waals surface area contributed by atoms with Crippen molar-refractivity contribution >= 4 is 24.7 Å². The van der Waals surface area contributed by atoms with Crippen LogP contribution in [0.3, 0.4) is 0 Å². The molecule has 1 aromatic rings. The second-order valence-corrected chi connectivity index (χ2v) is 3.44. The topological polar surface area (TPSA) is 26.3 Å². The van der Waals surface area contributed by atoms with Crippen LogP contribution in [-0.2, 0) is 11.3 Å². The summed E-state index contributed by atoms with van der Waals surface area (Å²) >= 11 is 4.07. The average Bonchev–Trinajstić information content (AvgIpc) is 2.57. The summed E-state index contributed by atoms with van der Waals surface area (Å²) in [6.07, 6.45) is 3.88. The van der Waals surface area contributed by atoms with Crippen LogP contribution in [0.5, 0.6) is 0 Å². The van der Waals surface area contributed by atoms with Crippen LogP contribution in [0.1, 0.15) is 21.5 Å².